The molecule has 3 rings (SSSR count). The quantitative estimate of drug-likeness (QED) is 0.752. The molecular weight excluding hydrogens is 410 g/mol. The van der Waals surface area contributed by atoms with Crippen LogP contribution in [0.3, 0.4) is 0 Å². The van der Waals surface area contributed by atoms with Crippen molar-refractivity contribution in [2.75, 3.05) is 39.7 Å². The summed E-state index contributed by atoms with van der Waals surface area (Å²) in [6.45, 7) is 0.882. The molecule has 1 atom stereocenters. The summed E-state index contributed by atoms with van der Waals surface area (Å²) in [5.41, 5.74) is 0.407. The second-order valence-electron chi connectivity index (χ2n) is 6.86. The number of likely N-dealkylation sites (tertiary alicyclic amines) is 1. The predicted molar refractivity (Wildman–Crippen MR) is 113 cm³/mol. The molecule has 1 saturated heterocycles. The molecule has 30 heavy (non-hydrogen) atoms. The van der Waals surface area contributed by atoms with Gasteiger partial charge in [-0.3, -0.25) is 9.59 Å². The third kappa shape index (κ3) is 4.76. The van der Waals surface area contributed by atoms with Crippen LogP contribution in [0.2, 0.25) is 5.02 Å². The average molecular weight is 434 g/mol. The van der Waals surface area contributed by atoms with E-state index < -0.39 is 0 Å². The number of piperidine rings is 1. The summed E-state index contributed by atoms with van der Waals surface area (Å²) in [5, 5.41) is 3.28. The molecule has 1 aromatic carbocycles. The maximum atomic E-state index is 13.1. The Bertz CT molecular complexity index is 894. The van der Waals surface area contributed by atoms with E-state index in [1.165, 1.54) is 27.5 Å². The van der Waals surface area contributed by atoms with Crippen LogP contribution in [0, 0.1) is 5.92 Å². The lowest BCUT2D eigenvalue weighted by Crippen LogP contribution is -2.43. The number of carbonyl (C=O) groups excluding carboxylic acids is 2. The van der Waals surface area contributed by atoms with E-state index >= 15 is 0 Å². The summed E-state index contributed by atoms with van der Waals surface area (Å²) >= 11 is 5.83. The van der Waals surface area contributed by atoms with Crippen molar-refractivity contribution < 1.29 is 23.8 Å². The number of rotatable bonds is 6. The minimum Gasteiger partial charge on any atom is -0.493 e. The van der Waals surface area contributed by atoms with Gasteiger partial charge in [0, 0.05) is 24.8 Å². The molecule has 1 aliphatic rings. The second-order valence-corrected chi connectivity index (χ2v) is 7.29. The van der Waals surface area contributed by atoms with Crippen molar-refractivity contribution in [3.05, 3.63) is 41.0 Å². The number of methoxy groups -OCH3 is 3. The maximum Gasteiger partial charge on any atom is 0.254 e. The molecule has 0 bridgehead atoms. The fourth-order valence-electron chi connectivity index (χ4n) is 3.44. The van der Waals surface area contributed by atoms with E-state index in [9.17, 15) is 9.59 Å². The van der Waals surface area contributed by atoms with Crippen molar-refractivity contribution in [2.45, 2.75) is 12.8 Å². The first-order chi connectivity index (χ1) is 14.5. The number of nitrogens with one attached hydrogen (secondary N) is 1. The summed E-state index contributed by atoms with van der Waals surface area (Å²) in [7, 11) is 4.50. The Morgan fingerprint density at radius 3 is 2.40 bits per heavy atom. The van der Waals surface area contributed by atoms with Crippen molar-refractivity contribution in [1.29, 1.82) is 0 Å². The summed E-state index contributed by atoms with van der Waals surface area (Å²) in [6.07, 6.45) is 2.89. The van der Waals surface area contributed by atoms with Gasteiger partial charge in [-0.2, -0.15) is 0 Å². The van der Waals surface area contributed by atoms with Crippen LogP contribution >= 0.6 is 11.6 Å². The van der Waals surface area contributed by atoms with E-state index in [1.54, 1.807) is 29.2 Å². The number of pyridine rings is 1. The van der Waals surface area contributed by atoms with Gasteiger partial charge in [-0.1, -0.05) is 11.6 Å². The van der Waals surface area contributed by atoms with Crippen molar-refractivity contribution in [1.82, 2.24) is 9.88 Å². The molecule has 0 spiro atoms. The molecule has 2 heterocycles. The number of anilines is 1. The molecule has 0 aliphatic carbocycles. The van der Waals surface area contributed by atoms with Gasteiger partial charge in [0.1, 0.15) is 5.82 Å². The third-order valence-electron chi connectivity index (χ3n) is 4.97. The molecule has 0 radical (unpaired) electrons. The number of hydrogen-bond acceptors (Lipinski definition) is 6. The van der Waals surface area contributed by atoms with Crippen LogP contribution in [0.5, 0.6) is 17.2 Å². The molecule has 160 valence electrons. The van der Waals surface area contributed by atoms with Gasteiger partial charge in [0.25, 0.3) is 5.91 Å². The Kier molecular flexibility index (Phi) is 6.99. The molecule has 1 N–H and O–H groups in total. The lowest BCUT2D eigenvalue weighted by molar-refractivity contribution is -0.121. The van der Waals surface area contributed by atoms with E-state index in [1.807, 2.05) is 0 Å². The van der Waals surface area contributed by atoms with Gasteiger partial charge >= 0.3 is 0 Å². The molecule has 1 aromatic heterocycles. The van der Waals surface area contributed by atoms with Gasteiger partial charge in [-0.05, 0) is 37.1 Å². The Morgan fingerprint density at radius 2 is 1.83 bits per heavy atom. The highest BCUT2D eigenvalue weighted by molar-refractivity contribution is 6.30. The lowest BCUT2D eigenvalue weighted by atomic mass is 9.96. The van der Waals surface area contributed by atoms with Gasteiger partial charge in [0.2, 0.25) is 11.7 Å². The largest absolute Gasteiger partial charge is 0.493 e. The molecule has 9 heteroatoms. The Hall–Kier alpha value is -3.00. The van der Waals surface area contributed by atoms with E-state index in [0.29, 0.717) is 53.2 Å². The highest BCUT2D eigenvalue weighted by Gasteiger charge is 2.30. The number of benzene rings is 1. The van der Waals surface area contributed by atoms with E-state index in [-0.39, 0.29) is 17.7 Å². The van der Waals surface area contributed by atoms with Gasteiger partial charge in [-0.25, -0.2) is 4.98 Å². The molecule has 0 unspecified atom stereocenters. The Balaban J connectivity index is 1.74. The highest BCUT2D eigenvalue weighted by Crippen LogP contribution is 2.38. The van der Waals surface area contributed by atoms with Crippen molar-refractivity contribution >= 4 is 29.2 Å². The first kappa shape index (κ1) is 21.7. The normalized spacial score (nSPS) is 16.0. The Morgan fingerprint density at radius 1 is 1.13 bits per heavy atom. The maximum absolute atomic E-state index is 13.1. The molecule has 2 amide bonds. The van der Waals surface area contributed by atoms with Crippen LogP contribution in [0.15, 0.2) is 30.5 Å². The number of halogens is 1. The highest BCUT2D eigenvalue weighted by atomic mass is 35.5. The molecular formula is C21H24ClN3O5. The minimum atomic E-state index is -0.331. The Labute approximate surface area is 180 Å². The van der Waals surface area contributed by atoms with E-state index in [2.05, 4.69) is 10.3 Å². The first-order valence-electron chi connectivity index (χ1n) is 9.48. The van der Waals surface area contributed by atoms with Gasteiger partial charge in [0.15, 0.2) is 11.5 Å². The van der Waals surface area contributed by atoms with E-state index in [0.717, 1.165) is 6.42 Å². The minimum absolute atomic E-state index is 0.174. The summed E-state index contributed by atoms with van der Waals surface area (Å²) < 4.78 is 16.0. The number of ether oxygens (including phenoxy) is 3. The zero-order valence-electron chi connectivity index (χ0n) is 17.1. The second kappa shape index (κ2) is 9.67. The van der Waals surface area contributed by atoms with Crippen molar-refractivity contribution in [3.8, 4) is 17.2 Å². The standard InChI is InChI=1S/C21H24ClN3O5/c1-28-16-9-14(10-17(29-2)19(16)30-3)21(27)25-8-4-5-13(12-25)20(26)24-18-7-6-15(22)11-23-18/h6-7,9-11,13H,4-5,8,12H2,1-3H3,(H,23,24,26)/t13-/m0/s1. The smallest absolute Gasteiger partial charge is 0.254 e. The predicted octanol–water partition coefficient (Wildman–Crippen LogP) is 3.25. The third-order valence-corrected chi connectivity index (χ3v) is 5.19. The topological polar surface area (TPSA) is 90.0 Å². The molecule has 2 aromatic rings. The van der Waals surface area contributed by atoms with E-state index in [4.69, 9.17) is 25.8 Å². The zero-order chi connectivity index (χ0) is 21.7. The van der Waals surface area contributed by atoms with Crippen molar-refractivity contribution in [2.24, 2.45) is 5.92 Å². The van der Waals surface area contributed by atoms with Crippen LogP contribution in [0.4, 0.5) is 5.82 Å². The number of aromatic nitrogens is 1. The molecule has 0 saturated carbocycles. The first-order valence-corrected chi connectivity index (χ1v) is 9.86. The molecule has 1 aliphatic heterocycles. The average Bonchev–Trinajstić information content (AvgIpc) is 2.79. The van der Waals surface area contributed by atoms with Crippen LogP contribution in [0.1, 0.15) is 23.2 Å². The number of carbonyl (C=O) groups is 2. The fourth-order valence-corrected chi connectivity index (χ4v) is 3.55. The SMILES string of the molecule is COc1cc(C(=O)N2CCC[C@H](C(=O)Nc3ccc(Cl)cn3)C2)cc(OC)c1OC. The van der Waals surface area contributed by atoms with Gasteiger partial charge in [0.05, 0.1) is 32.3 Å². The lowest BCUT2D eigenvalue weighted by Gasteiger charge is -2.32. The summed E-state index contributed by atoms with van der Waals surface area (Å²) in [5.74, 6) is 0.951. The van der Waals surface area contributed by atoms with Crippen LogP contribution < -0.4 is 19.5 Å². The van der Waals surface area contributed by atoms with Gasteiger partial charge < -0.3 is 24.4 Å². The molecule has 1 fully saturated rings. The summed E-state index contributed by atoms with van der Waals surface area (Å²) in [6, 6.07) is 6.53. The monoisotopic (exact) mass is 433 g/mol. The number of amides is 2. The fraction of sp³-hybridized carbons (Fsp3) is 0.381. The number of hydrogen-bond donors (Lipinski definition) is 1. The molecule has 8 nitrogen and oxygen atoms in total. The van der Waals surface area contributed by atoms with Crippen molar-refractivity contribution in [3.63, 3.8) is 0 Å². The van der Waals surface area contributed by atoms with Crippen LogP contribution in [-0.4, -0.2) is 56.1 Å². The van der Waals surface area contributed by atoms with Crippen LogP contribution in [-0.2, 0) is 4.79 Å². The van der Waals surface area contributed by atoms with Gasteiger partial charge in [-0.15, -0.1) is 0 Å². The van der Waals surface area contributed by atoms with Crippen LogP contribution in [0.25, 0.3) is 0 Å². The number of nitrogens with zero attached hydrogens (tertiary/aromatic N) is 2. The zero-order valence-corrected chi connectivity index (χ0v) is 17.9. The summed E-state index contributed by atoms with van der Waals surface area (Å²) in [4.78, 5) is 31.5.